The summed E-state index contributed by atoms with van der Waals surface area (Å²) in [4.78, 5) is 2.26. The van der Waals surface area contributed by atoms with Gasteiger partial charge in [0.15, 0.2) is 0 Å². The Morgan fingerprint density at radius 2 is 1.85 bits per heavy atom. The zero-order valence-electron chi connectivity index (χ0n) is 11.5. The molecule has 0 saturated carbocycles. The number of rotatable bonds is 3. The van der Waals surface area contributed by atoms with Gasteiger partial charge in [0, 0.05) is 36.4 Å². The minimum absolute atomic E-state index is 0.155. The molecular formula is C17H19FN2. The maximum absolute atomic E-state index is 14.3. The summed E-state index contributed by atoms with van der Waals surface area (Å²) >= 11 is 0. The molecule has 0 unspecified atom stereocenters. The van der Waals surface area contributed by atoms with E-state index in [-0.39, 0.29) is 12.4 Å². The van der Waals surface area contributed by atoms with Crippen molar-refractivity contribution in [3.63, 3.8) is 0 Å². The third-order valence-corrected chi connectivity index (χ3v) is 3.95. The molecule has 0 spiro atoms. The first kappa shape index (κ1) is 13.1. The summed E-state index contributed by atoms with van der Waals surface area (Å²) in [6.45, 7) is 1.83. The first-order chi connectivity index (χ1) is 9.79. The van der Waals surface area contributed by atoms with E-state index in [2.05, 4.69) is 23.1 Å². The average Bonchev–Trinajstić information content (AvgIpc) is 2.50. The van der Waals surface area contributed by atoms with Crippen molar-refractivity contribution in [1.82, 2.24) is 0 Å². The second kappa shape index (κ2) is 5.63. The number of halogens is 1. The van der Waals surface area contributed by atoms with Gasteiger partial charge in [-0.2, -0.15) is 0 Å². The summed E-state index contributed by atoms with van der Waals surface area (Å²) in [6.07, 6.45) is 2.23. The smallest absolute Gasteiger partial charge is 0.132 e. The predicted octanol–water partition coefficient (Wildman–Crippen LogP) is 3.24. The van der Waals surface area contributed by atoms with Crippen molar-refractivity contribution in [3.05, 3.63) is 65.0 Å². The summed E-state index contributed by atoms with van der Waals surface area (Å²) < 4.78 is 14.3. The number of fused-ring (bicyclic) bond motifs is 1. The summed E-state index contributed by atoms with van der Waals surface area (Å²) in [5.41, 5.74) is 9.48. The lowest BCUT2D eigenvalue weighted by Gasteiger charge is -2.31. The molecule has 2 aromatic carbocycles. The van der Waals surface area contributed by atoms with E-state index < -0.39 is 0 Å². The van der Waals surface area contributed by atoms with Crippen molar-refractivity contribution in [2.24, 2.45) is 5.73 Å². The molecule has 0 bridgehead atoms. The number of para-hydroxylation sites is 1. The van der Waals surface area contributed by atoms with E-state index in [0.717, 1.165) is 24.9 Å². The van der Waals surface area contributed by atoms with Crippen molar-refractivity contribution in [2.75, 3.05) is 11.4 Å². The quantitative estimate of drug-likeness (QED) is 0.927. The number of anilines is 1. The lowest BCUT2D eigenvalue weighted by atomic mass is 10.0. The van der Waals surface area contributed by atoms with Crippen LogP contribution < -0.4 is 10.6 Å². The molecule has 0 amide bonds. The largest absolute Gasteiger partial charge is 0.367 e. The Balaban J connectivity index is 1.90. The van der Waals surface area contributed by atoms with Gasteiger partial charge < -0.3 is 10.6 Å². The number of benzene rings is 2. The normalized spacial score (nSPS) is 14.2. The monoisotopic (exact) mass is 270 g/mol. The minimum atomic E-state index is -0.155. The Morgan fingerprint density at radius 3 is 2.70 bits per heavy atom. The molecule has 1 aliphatic rings. The molecule has 104 valence electrons. The lowest BCUT2D eigenvalue weighted by Crippen LogP contribution is -2.29. The van der Waals surface area contributed by atoms with E-state index in [1.54, 1.807) is 6.07 Å². The number of hydrogen-bond donors (Lipinski definition) is 1. The number of nitrogens with two attached hydrogens (primary N) is 1. The fourth-order valence-corrected chi connectivity index (χ4v) is 2.89. The molecule has 0 aliphatic carbocycles. The lowest BCUT2D eigenvalue weighted by molar-refractivity contribution is 0.583. The number of hydrogen-bond acceptors (Lipinski definition) is 2. The molecule has 3 rings (SSSR count). The third-order valence-electron chi connectivity index (χ3n) is 3.95. The Morgan fingerprint density at radius 1 is 1.05 bits per heavy atom. The molecule has 0 aromatic heterocycles. The number of nitrogens with zero attached hydrogens (tertiary/aromatic N) is 1. The second-order valence-corrected chi connectivity index (χ2v) is 5.25. The van der Waals surface area contributed by atoms with Gasteiger partial charge in [-0.15, -0.1) is 0 Å². The van der Waals surface area contributed by atoms with Crippen LogP contribution >= 0.6 is 0 Å². The van der Waals surface area contributed by atoms with Gasteiger partial charge in [0.05, 0.1) is 0 Å². The van der Waals surface area contributed by atoms with Crippen LogP contribution in [-0.4, -0.2) is 6.54 Å². The second-order valence-electron chi connectivity index (χ2n) is 5.25. The van der Waals surface area contributed by atoms with E-state index in [1.807, 2.05) is 18.2 Å². The summed E-state index contributed by atoms with van der Waals surface area (Å²) in [6, 6.07) is 13.9. The van der Waals surface area contributed by atoms with Gasteiger partial charge in [0.2, 0.25) is 0 Å². The highest BCUT2D eigenvalue weighted by Crippen LogP contribution is 2.28. The van der Waals surface area contributed by atoms with E-state index >= 15 is 0 Å². The summed E-state index contributed by atoms with van der Waals surface area (Å²) in [7, 11) is 0. The van der Waals surface area contributed by atoms with Gasteiger partial charge in [-0.25, -0.2) is 4.39 Å². The van der Waals surface area contributed by atoms with E-state index in [1.165, 1.54) is 11.3 Å². The molecule has 1 heterocycles. The molecule has 0 fully saturated rings. The molecule has 2 nitrogen and oxygen atoms in total. The standard InChI is InChI=1S/C17H19FN2/c18-17-14(11-19)6-3-7-15(17)12-20-10-4-8-13-5-1-2-9-16(13)20/h1-3,5-7,9H,4,8,10-12,19H2. The Hall–Kier alpha value is -1.87. The van der Waals surface area contributed by atoms with Crippen molar-refractivity contribution in [3.8, 4) is 0 Å². The molecule has 0 saturated heterocycles. The SMILES string of the molecule is NCc1cccc(CN2CCCc3ccccc32)c1F. The van der Waals surface area contributed by atoms with Crippen LogP contribution in [0.1, 0.15) is 23.1 Å². The Bertz CT molecular complexity index is 610. The van der Waals surface area contributed by atoms with E-state index in [4.69, 9.17) is 5.73 Å². The summed E-state index contributed by atoms with van der Waals surface area (Å²) in [5, 5.41) is 0. The van der Waals surface area contributed by atoms with Gasteiger partial charge in [-0.05, 0) is 24.5 Å². The highest BCUT2D eigenvalue weighted by atomic mass is 19.1. The van der Waals surface area contributed by atoms with E-state index in [0.29, 0.717) is 12.1 Å². The number of aryl methyl sites for hydroxylation is 1. The van der Waals surface area contributed by atoms with Gasteiger partial charge >= 0.3 is 0 Å². The fourth-order valence-electron chi connectivity index (χ4n) is 2.89. The highest BCUT2D eigenvalue weighted by Gasteiger charge is 2.18. The predicted molar refractivity (Wildman–Crippen MR) is 80.1 cm³/mol. The molecule has 1 aliphatic heterocycles. The zero-order chi connectivity index (χ0) is 13.9. The molecule has 3 heteroatoms. The Labute approximate surface area is 119 Å². The fraction of sp³-hybridized carbons (Fsp3) is 0.294. The topological polar surface area (TPSA) is 29.3 Å². The average molecular weight is 270 g/mol. The molecule has 0 radical (unpaired) electrons. The maximum atomic E-state index is 14.3. The van der Waals surface area contributed by atoms with Crippen LogP contribution in [0.3, 0.4) is 0 Å². The third kappa shape index (κ3) is 2.41. The van der Waals surface area contributed by atoms with Crippen LogP contribution in [0.5, 0.6) is 0 Å². The van der Waals surface area contributed by atoms with Crippen LogP contribution in [0.2, 0.25) is 0 Å². The van der Waals surface area contributed by atoms with Crippen LogP contribution in [0.4, 0.5) is 10.1 Å². The van der Waals surface area contributed by atoms with E-state index in [9.17, 15) is 4.39 Å². The van der Waals surface area contributed by atoms with Crippen LogP contribution in [0.15, 0.2) is 42.5 Å². The van der Waals surface area contributed by atoms with Crippen molar-refractivity contribution in [1.29, 1.82) is 0 Å². The molecular weight excluding hydrogens is 251 g/mol. The van der Waals surface area contributed by atoms with Crippen LogP contribution in [0, 0.1) is 5.82 Å². The zero-order valence-corrected chi connectivity index (χ0v) is 11.5. The molecule has 20 heavy (non-hydrogen) atoms. The van der Waals surface area contributed by atoms with Crippen molar-refractivity contribution >= 4 is 5.69 Å². The van der Waals surface area contributed by atoms with Gasteiger partial charge in [-0.1, -0.05) is 36.4 Å². The van der Waals surface area contributed by atoms with Crippen molar-refractivity contribution < 1.29 is 4.39 Å². The highest BCUT2D eigenvalue weighted by molar-refractivity contribution is 5.55. The van der Waals surface area contributed by atoms with Crippen LogP contribution in [-0.2, 0) is 19.5 Å². The van der Waals surface area contributed by atoms with Gasteiger partial charge in [0.1, 0.15) is 5.82 Å². The first-order valence-corrected chi connectivity index (χ1v) is 7.09. The van der Waals surface area contributed by atoms with Crippen molar-refractivity contribution in [2.45, 2.75) is 25.9 Å². The minimum Gasteiger partial charge on any atom is -0.367 e. The van der Waals surface area contributed by atoms with Gasteiger partial charge in [0.25, 0.3) is 0 Å². The molecule has 2 N–H and O–H groups in total. The Kier molecular flexibility index (Phi) is 3.70. The molecule has 0 atom stereocenters. The van der Waals surface area contributed by atoms with Crippen LogP contribution in [0.25, 0.3) is 0 Å². The first-order valence-electron chi connectivity index (χ1n) is 7.09. The molecule has 2 aromatic rings. The summed E-state index contributed by atoms with van der Waals surface area (Å²) in [5.74, 6) is -0.155. The maximum Gasteiger partial charge on any atom is 0.132 e. The van der Waals surface area contributed by atoms with Gasteiger partial charge in [-0.3, -0.25) is 0 Å².